The predicted molar refractivity (Wildman–Crippen MR) is 80.0 cm³/mol. The van der Waals surface area contributed by atoms with Crippen molar-refractivity contribution >= 4 is 5.97 Å². The van der Waals surface area contributed by atoms with Crippen LogP contribution in [0.5, 0.6) is 0 Å². The Morgan fingerprint density at radius 2 is 2.00 bits per heavy atom. The first-order chi connectivity index (χ1) is 9.69. The number of hydrogen-bond donors (Lipinski definition) is 1. The lowest BCUT2D eigenvalue weighted by molar-refractivity contribution is -0.00694. The van der Waals surface area contributed by atoms with E-state index in [1.807, 2.05) is 13.8 Å². The minimum Gasteiger partial charge on any atom is -0.461 e. The molecule has 0 radical (unpaired) electrons. The number of hydrogen-bond acceptors (Lipinski definition) is 5. The van der Waals surface area contributed by atoms with Gasteiger partial charge in [-0.15, -0.1) is 5.10 Å². The molecule has 0 fully saturated rings. The standard InChI is InChI=1S/C15H27N3O3/c1-7-21-14(19)13-12(8-10(2)3)18(17-16-13)9-15(6,20)11(4)5/h10-11,20H,7-9H2,1-6H3. The van der Waals surface area contributed by atoms with Crippen LogP contribution in [0.2, 0.25) is 0 Å². The van der Waals surface area contributed by atoms with E-state index in [1.165, 1.54) is 0 Å². The number of carbonyl (C=O) groups is 1. The molecule has 1 unspecified atom stereocenters. The van der Waals surface area contributed by atoms with Crippen molar-refractivity contribution in [2.75, 3.05) is 6.61 Å². The number of esters is 1. The smallest absolute Gasteiger partial charge is 0.360 e. The molecule has 1 aromatic rings. The summed E-state index contributed by atoms with van der Waals surface area (Å²) < 4.78 is 6.66. The van der Waals surface area contributed by atoms with E-state index in [0.29, 0.717) is 25.5 Å². The normalized spacial score (nSPS) is 14.5. The van der Waals surface area contributed by atoms with Crippen LogP contribution in [0, 0.1) is 11.8 Å². The van der Waals surface area contributed by atoms with Gasteiger partial charge in [0.1, 0.15) is 0 Å². The highest BCUT2D eigenvalue weighted by Gasteiger charge is 2.29. The predicted octanol–water partition coefficient (Wildman–Crippen LogP) is 2.06. The Morgan fingerprint density at radius 3 is 2.48 bits per heavy atom. The maximum absolute atomic E-state index is 12.0. The molecule has 0 spiro atoms. The van der Waals surface area contributed by atoms with E-state index in [2.05, 4.69) is 24.2 Å². The van der Waals surface area contributed by atoms with Crippen molar-refractivity contribution in [1.29, 1.82) is 0 Å². The Labute approximate surface area is 126 Å². The number of nitrogens with zero attached hydrogens (tertiary/aromatic N) is 3. The second-order valence-corrected chi connectivity index (χ2v) is 6.37. The first-order valence-electron chi connectivity index (χ1n) is 7.50. The summed E-state index contributed by atoms with van der Waals surface area (Å²) in [5, 5.41) is 18.5. The van der Waals surface area contributed by atoms with Gasteiger partial charge in [-0.3, -0.25) is 0 Å². The first kappa shape index (κ1) is 17.6. The lowest BCUT2D eigenvalue weighted by atomic mass is 9.92. The summed E-state index contributed by atoms with van der Waals surface area (Å²) >= 11 is 0. The van der Waals surface area contributed by atoms with Crippen molar-refractivity contribution in [1.82, 2.24) is 15.0 Å². The van der Waals surface area contributed by atoms with Gasteiger partial charge >= 0.3 is 5.97 Å². The Bertz CT molecular complexity index is 479. The van der Waals surface area contributed by atoms with Gasteiger partial charge in [0.15, 0.2) is 5.69 Å². The summed E-state index contributed by atoms with van der Waals surface area (Å²) in [6, 6.07) is 0. The topological polar surface area (TPSA) is 77.2 Å². The molecule has 1 rings (SSSR count). The molecule has 0 saturated carbocycles. The monoisotopic (exact) mass is 297 g/mol. The summed E-state index contributed by atoms with van der Waals surface area (Å²) in [7, 11) is 0. The highest BCUT2D eigenvalue weighted by molar-refractivity contribution is 5.88. The summed E-state index contributed by atoms with van der Waals surface area (Å²) in [6.45, 7) is 12.2. The van der Waals surface area contributed by atoms with E-state index < -0.39 is 11.6 Å². The molecule has 0 bridgehead atoms. The number of carbonyl (C=O) groups excluding carboxylic acids is 1. The summed E-state index contributed by atoms with van der Waals surface area (Å²) in [5.74, 6) is -0.0392. The molecule has 0 aromatic carbocycles. The first-order valence-corrected chi connectivity index (χ1v) is 7.50. The van der Waals surface area contributed by atoms with Crippen molar-refractivity contribution in [3.05, 3.63) is 11.4 Å². The molecule has 0 aliphatic carbocycles. The van der Waals surface area contributed by atoms with Gasteiger partial charge in [-0.2, -0.15) is 0 Å². The molecule has 0 saturated heterocycles. The second-order valence-electron chi connectivity index (χ2n) is 6.37. The zero-order valence-corrected chi connectivity index (χ0v) is 13.9. The lowest BCUT2D eigenvalue weighted by Crippen LogP contribution is -2.37. The SMILES string of the molecule is CCOC(=O)c1nnn(CC(C)(O)C(C)C)c1CC(C)C. The van der Waals surface area contributed by atoms with Crippen LogP contribution < -0.4 is 0 Å². The Hall–Kier alpha value is -1.43. The van der Waals surface area contributed by atoms with Crippen LogP contribution in [0.4, 0.5) is 0 Å². The van der Waals surface area contributed by atoms with Crippen LogP contribution in [-0.4, -0.2) is 38.3 Å². The third kappa shape index (κ3) is 4.52. The van der Waals surface area contributed by atoms with E-state index in [9.17, 15) is 9.90 Å². The van der Waals surface area contributed by atoms with Crippen LogP contribution in [0.3, 0.4) is 0 Å². The van der Waals surface area contributed by atoms with E-state index in [4.69, 9.17) is 4.74 Å². The Kier molecular flexibility index (Phi) is 5.89. The molecule has 1 atom stereocenters. The zero-order valence-electron chi connectivity index (χ0n) is 13.9. The quantitative estimate of drug-likeness (QED) is 0.779. The number of aromatic nitrogens is 3. The molecule has 0 amide bonds. The van der Waals surface area contributed by atoms with Crippen LogP contribution in [0.15, 0.2) is 0 Å². The fourth-order valence-corrected chi connectivity index (χ4v) is 1.89. The van der Waals surface area contributed by atoms with Gasteiger partial charge in [0.2, 0.25) is 0 Å². The fourth-order valence-electron chi connectivity index (χ4n) is 1.89. The molecule has 21 heavy (non-hydrogen) atoms. The summed E-state index contributed by atoms with van der Waals surface area (Å²) in [5.41, 5.74) is 0.0697. The Morgan fingerprint density at radius 1 is 1.38 bits per heavy atom. The molecule has 0 aliphatic heterocycles. The average Bonchev–Trinajstić information content (AvgIpc) is 2.71. The van der Waals surface area contributed by atoms with Gasteiger partial charge in [0, 0.05) is 0 Å². The van der Waals surface area contributed by atoms with Crippen LogP contribution in [0.1, 0.15) is 57.7 Å². The molecular weight excluding hydrogens is 270 g/mol. The van der Waals surface area contributed by atoms with Gasteiger partial charge in [0.25, 0.3) is 0 Å². The highest BCUT2D eigenvalue weighted by Crippen LogP contribution is 2.21. The number of ether oxygens (including phenoxy) is 1. The van der Waals surface area contributed by atoms with Gasteiger partial charge in [-0.05, 0) is 32.1 Å². The van der Waals surface area contributed by atoms with E-state index in [1.54, 1.807) is 18.5 Å². The van der Waals surface area contributed by atoms with Crippen molar-refractivity contribution in [3.8, 4) is 0 Å². The maximum Gasteiger partial charge on any atom is 0.360 e. The highest BCUT2D eigenvalue weighted by atomic mass is 16.5. The van der Waals surface area contributed by atoms with Crippen molar-refractivity contribution in [2.24, 2.45) is 11.8 Å². The van der Waals surface area contributed by atoms with Crippen LogP contribution in [0.25, 0.3) is 0 Å². The Balaban J connectivity index is 3.12. The minimum atomic E-state index is -0.911. The van der Waals surface area contributed by atoms with Crippen molar-refractivity contribution in [3.63, 3.8) is 0 Å². The van der Waals surface area contributed by atoms with Crippen molar-refractivity contribution in [2.45, 2.75) is 60.1 Å². The fraction of sp³-hybridized carbons (Fsp3) is 0.800. The van der Waals surface area contributed by atoms with E-state index >= 15 is 0 Å². The third-order valence-electron chi connectivity index (χ3n) is 3.62. The molecule has 0 aliphatic rings. The number of rotatable bonds is 7. The molecule has 6 heteroatoms. The van der Waals surface area contributed by atoms with Gasteiger partial charge < -0.3 is 9.84 Å². The third-order valence-corrected chi connectivity index (χ3v) is 3.62. The molecule has 6 nitrogen and oxygen atoms in total. The molecule has 1 heterocycles. The average molecular weight is 297 g/mol. The zero-order chi connectivity index (χ0) is 16.2. The van der Waals surface area contributed by atoms with Crippen molar-refractivity contribution < 1.29 is 14.6 Å². The molecule has 1 aromatic heterocycles. The van der Waals surface area contributed by atoms with E-state index in [-0.39, 0.29) is 11.6 Å². The summed E-state index contributed by atoms with van der Waals surface area (Å²) in [6.07, 6.45) is 0.662. The molecule has 120 valence electrons. The van der Waals surface area contributed by atoms with E-state index in [0.717, 1.165) is 5.69 Å². The summed E-state index contributed by atoms with van der Waals surface area (Å²) in [4.78, 5) is 12.0. The van der Waals surface area contributed by atoms with Crippen LogP contribution >= 0.6 is 0 Å². The molecular formula is C15H27N3O3. The van der Waals surface area contributed by atoms with Gasteiger partial charge in [0.05, 0.1) is 24.4 Å². The van der Waals surface area contributed by atoms with Gasteiger partial charge in [-0.1, -0.05) is 32.9 Å². The largest absolute Gasteiger partial charge is 0.461 e. The minimum absolute atomic E-state index is 0.0691. The van der Waals surface area contributed by atoms with Crippen LogP contribution in [-0.2, 0) is 17.7 Å². The molecule has 1 N–H and O–H groups in total. The number of aliphatic hydroxyl groups is 1. The second kappa shape index (κ2) is 7.02. The lowest BCUT2D eigenvalue weighted by Gasteiger charge is -2.28. The maximum atomic E-state index is 12.0. The van der Waals surface area contributed by atoms with Gasteiger partial charge in [-0.25, -0.2) is 9.48 Å².